The zero-order valence-corrected chi connectivity index (χ0v) is 17.8. The molecule has 0 spiro atoms. The minimum Gasteiger partial charge on any atom is -0.300 e. The summed E-state index contributed by atoms with van der Waals surface area (Å²) in [6.45, 7) is 14.8. The smallest absolute Gasteiger partial charge is 0.0227 e. The molecule has 0 aromatic carbocycles. The van der Waals surface area contributed by atoms with Gasteiger partial charge in [0.2, 0.25) is 0 Å². The van der Waals surface area contributed by atoms with Crippen LogP contribution in [-0.2, 0) is 0 Å². The fraction of sp³-hybridized carbons (Fsp3) is 1.00. The molecule has 0 aromatic heterocycles. The van der Waals surface area contributed by atoms with Gasteiger partial charge >= 0.3 is 0 Å². The zero-order valence-electron chi connectivity index (χ0n) is 17.8. The Morgan fingerprint density at radius 1 is 0.840 bits per heavy atom. The molecule has 2 bridgehead atoms. The van der Waals surface area contributed by atoms with Crippen molar-refractivity contribution in [3.05, 3.63) is 0 Å². The second-order valence-electron chi connectivity index (χ2n) is 9.35. The molecule has 2 aliphatic rings. The molecule has 2 fully saturated rings. The van der Waals surface area contributed by atoms with Gasteiger partial charge in [-0.2, -0.15) is 0 Å². The molecule has 3 atom stereocenters. The molecule has 2 heteroatoms. The maximum absolute atomic E-state index is 2.84. The van der Waals surface area contributed by atoms with Crippen molar-refractivity contribution < 1.29 is 0 Å². The molecule has 2 heterocycles. The second-order valence-corrected chi connectivity index (χ2v) is 9.35. The molecule has 2 rings (SSSR count). The van der Waals surface area contributed by atoms with Gasteiger partial charge in [-0.3, -0.25) is 4.90 Å². The van der Waals surface area contributed by atoms with Gasteiger partial charge in [-0.25, -0.2) is 0 Å². The van der Waals surface area contributed by atoms with Crippen molar-refractivity contribution in [2.24, 2.45) is 11.8 Å². The third-order valence-corrected chi connectivity index (χ3v) is 6.67. The number of hydrogen-bond donors (Lipinski definition) is 0. The zero-order chi connectivity index (χ0) is 18.1. The summed E-state index contributed by atoms with van der Waals surface area (Å²) in [6.07, 6.45) is 15.8. The van der Waals surface area contributed by atoms with Gasteiger partial charge in [-0.1, -0.05) is 79.1 Å². The van der Waals surface area contributed by atoms with E-state index in [9.17, 15) is 0 Å². The Balaban J connectivity index is 1.58. The SMILES string of the molecule is CCCCCCC(CC)CCCCN1C[C@H]2CC[C@@H](C1)N2CC(C)C. The molecule has 25 heavy (non-hydrogen) atoms. The summed E-state index contributed by atoms with van der Waals surface area (Å²) in [5, 5.41) is 0. The monoisotopic (exact) mass is 350 g/mol. The Bertz CT molecular complexity index is 327. The molecular formula is C23H46N2. The van der Waals surface area contributed by atoms with E-state index in [-0.39, 0.29) is 0 Å². The molecule has 2 nitrogen and oxygen atoms in total. The van der Waals surface area contributed by atoms with Crippen molar-refractivity contribution in [3.63, 3.8) is 0 Å². The van der Waals surface area contributed by atoms with E-state index < -0.39 is 0 Å². The first-order valence-corrected chi connectivity index (χ1v) is 11.6. The first-order valence-electron chi connectivity index (χ1n) is 11.6. The number of rotatable bonds is 13. The largest absolute Gasteiger partial charge is 0.300 e. The van der Waals surface area contributed by atoms with Crippen LogP contribution in [0, 0.1) is 11.8 Å². The van der Waals surface area contributed by atoms with Crippen LogP contribution >= 0.6 is 0 Å². The van der Waals surface area contributed by atoms with Crippen LogP contribution in [0.25, 0.3) is 0 Å². The molecule has 0 aliphatic carbocycles. The lowest BCUT2D eigenvalue weighted by atomic mass is 9.93. The van der Waals surface area contributed by atoms with E-state index in [1.807, 2.05) is 0 Å². The molecule has 0 saturated carbocycles. The first-order chi connectivity index (χ1) is 12.1. The predicted molar refractivity (Wildman–Crippen MR) is 111 cm³/mol. The van der Waals surface area contributed by atoms with Crippen LogP contribution in [0.3, 0.4) is 0 Å². The Kier molecular flexibility index (Phi) is 9.84. The fourth-order valence-corrected chi connectivity index (χ4v) is 5.16. The maximum Gasteiger partial charge on any atom is 0.0227 e. The molecule has 0 radical (unpaired) electrons. The number of fused-ring (bicyclic) bond motifs is 2. The van der Waals surface area contributed by atoms with Crippen molar-refractivity contribution in [1.29, 1.82) is 0 Å². The lowest BCUT2D eigenvalue weighted by Gasteiger charge is -2.42. The Morgan fingerprint density at radius 2 is 1.48 bits per heavy atom. The summed E-state index contributed by atoms with van der Waals surface area (Å²) >= 11 is 0. The Morgan fingerprint density at radius 3 is 2.04 bits per heavy atom. The van der Waals surface area contributed by atoms with Crippen LogP contribution < -0.4 is 0 Å². The van der Waals surface area contributed by atoms with Gasteiger partial charge in [0.15, 0.2) is 0 Å². The van der Waals surface area contributed by atoms with Crippen LogP contribution in [0.2, 0.25) is 0 Å². The normalized spacial score (nSPS) is 25.8. The molecule has 0 N–H and O–H groups in total. The van der Waals surface area contributed by atoms with E-state index >= 15 is 0 Å². The highest BCUT2D eigenvalue weighted by Gasteiger charge is 2.39. The third kappa shape index (κ3) is 7.21. The summed E-state index contributed by atoms with van der Waals surface area (Å²) in [4.78, 5) is 5.63. The number of nitrogens with zero attached hydrogens (tertiary/aromatic N) is 2. The van der Waals surface area contributed by atoms with E-state index in [1.54, 1.807) is 0 Å². The van der Waals surface area contributed by atoms with Gasteiger partial charge in [0.05, 0.1) is 0 Å². The van der Waals surface area contributed by atoms with Gasteiger partial charge in [-0.15, -0.1) is 0 Å². The summed E-state index contributed by atoms with van der Waals surface area (Å²) in [6, 6.07) is 1.73. The van der Waals surface area contributed by atoms with Gasteiger partial charge < -0.3 is 4.90 Å². The fourth-order valence-electron chi connectivity index (χ4n) is 5.16. The van der Waals surface area contributed by atoms with Crippen LogP contribution in [-0.4, -0.2) is 48.1 Å². The number of piperazine rings is 1. The minimum absolute atomic E-state index is 0.818. The van der Waals surface area contributed by atoms with Gasteiger partial charge in [0, 0.05) is 31.7 Å². The summed E-state index contributed by atoms with van der Waals surface area (Å²) in [7, 11) is 0. The molecular weight excluding hydrogens is 304 g/mol. The molecule has 0 amide bonds. The summed E-state index contributed by atoms with van der Waals surface area (Å²) in [5.74, 6) is 1.81. The van der Waals surface area contributed by atoms with E-state index in [1.165, 1.54) is 96.8 Å². The minimum atomic E-state index is 0.818. The number of likely N-dealkylation sites (tertiary alicyclic amines) is 1. The lowest BCUT2D eigenvalue weighted by molar-refractivity contribution is 0.0570. The van der Waals surface area contributed by atoms with Crippen molar-refractivity contribution in [2.75, 3.05) is 26.2 Å². The highest BCUT2D eigenvalue weighted by molar-refractivity contribution is 4.95. The number of unbranched alkanes of at least 4 members (excludes halogenated alkanes) is 4. The Hall–Kier alpha value is -0.0800. The van der Waals surface area contributed by atoms with Crippen molar-refractivity contribution in [1.82, 2.24) is 9.80 Å². The van der Waals surface area contributed by atoms with Crippen LogP contribution in [0.4, 0.5) is 0 Å². The quantitative estimate of drug-likeness (QED) is 0.378. The third-order valence-electron chi connectivity index (χ3n) is 6.67. The summed E-state index contributed by atoms with van der Waals surface area (Å²) < 4.78 is 0. The van der Waals surface area contributed by atoms with E-state index in [0.29, 0.717) is 0 Å². The molecule has 1 unspecified atom stereocenters. The predicted octanol–water partition coefficient (Wildman–Crippen LogP) is 5.96. The van der Waals surface area contributed by atoms with Gasteiger partial charge in [0.1, 0.15) is 0 Å². The number of hydrogen-bond acceptors (Lipinski definition) is 2. The Labute approximate surface area is 158 Å². The molecule has 0 aromatic rings. The lowest BCUT2D eigenvalue weighted by Crippen LogP contribution is -2.54. The van der Waals surface area contributed by atoms with Gasteiger partial charge in [0.25, 0.3) is 0 Å². The van der Waals surface area contributed by atoms with Crippen molar-refractivity contribution >= 4 is 0 Å². The molecule has 148 valence electrons. The first kappa shape index (κ1) is 21.2. The second kappa shape index (κ2) is 11.6. The van der Waals surface area contributed by atoms with E-state index in [0.717, 1.165) is 23.9 Å². The standard InChI is InChI=1S/C23H46N2/c1-5-7-8-9-12-21(6-2)13-10-11-16-24-18-22-14-15-23(19-24)25(22)17-20(3)4/h20-23H,5-19H2,1-4H3/t21?,22-,23+. The van der Waals surface area contributed by atoms with Crippen molar-refractivity contribution in [3.8, 4) is 0 Å². The average Bonchev–Trinajstić information content (AvgIpc) is 2.82. The van der Waals surface area contributed by atoms with Crippen molar-refractivity contribution in [2.45, 2.75) is 110 Å². The highest BCUT2D eigenvalue weighted by Crippen LogP contribution is 2.31. The maximum atomic E-state index is 2.84. The van der Waals surface area contributed by atoms with E-state index in [2.05, 4.69) is 37.5 Å². The highest BCUT2D eigenvalue weighted by atomic mass is 15.3. The van der Waals surface area contributed by atoms with Crippen LogP contribution in [0.5, 0.6) is 0 Å². The topological polar surface area (TPSA) is 6.48 Å². The van der Waals surface area contributed by atoms with E-state index in [4.69, 9.17) is 0 Å². The molecule has 2 aliphatic heterocycles. The average molecular weight is 351 g/mol. The van der Waals surface area contributed by atoms with Crippen LogP contribution in [0.15, 0.2) is 0 Å². The molecule has 2 saturated heterocycles. The van der Waals surface area contributed by atoms with Crippen LogP contribution in [0.1, 0.15) is 98.3 Å². The summed E-state index contributed by atoms with van der Waals surface area (Å²) in [5.41, 5.74) is 0. The van der Waals surface area contributed by atoms with Gasteiger partial charge in [-0.05, 0) is 37.6 Å².